The van der Waals surface area contributed by atoms with E-state index in [1.807, 2.05) is 18.2 Å². The molecular formula is C25H30N2O9S. The first-order chi connectivity index (χ1) is 17.8. The third-order valence-electron chi connectivity index (χ3n) is 6.02. The number of carbonyl (C=O) groups excluding carboxylic acids is 1. The van der Waals surface area contributed by atoms with Crippen LogP contribution in [0, 0.1) is 0 Å². The predicted molar refractivity (Wildman–Crippen MR) is 132 cm³/mol. The molecule has 0 saturated carbocycles. The third-order valence-corrected chi connectivity index (χ3v) is 7.94. The summed E-state index contributed by atoms with van der Waals surface area (Å²) in [6.07, 6.45) is 1.32. The number of aliphatic hydroxyl groups excluding tert-OH is 1. The minimum absolute atomic E-state index is 0.0189. The van der Waals surface area contributed by atoms with Gasteiger partial charge in [0.2, 0.25) is 23.1 Å². The molecule has 0 saturated heterocycles. The largest absolute Gasteiger partial charge is 0.497 e. The second kappa shape index (κ2) is 11.8. The molecule has 2 atom stereocenters. The SMILES string of the molecule is CNC(=O)C1=C[C@@H](c2ccc3c(c2)OCO3)C[C@@H](OCCN(CCO)S(=O)(=O)c2ccc(OC)cc2)O1. The summed E-state index contributed by atoms with van der Waals surface area (Å²) in [5, 5.41) is 12.0. The number of sulfonamides is 1. The highest BCUT2D eigenvalue weighted by atomic mass is 32.2. The molecule has 2 heterocycles. The quantitative estimate of drug-likeness (QED) is 0.441. The van der Waals surface area contributed by atoms with Crippen molar-refractivity contribution < 1.29 is 42.0 Å². The van der Waals surface area contributed by atoms with Gasteiger partial charge < -0.3 is 34.1 Å². The first kappa shape index (κ1) is 26.7. The van der Waals surface area contributed by atoms with Gasteiger partial charge in [-0.25, -0.2) is 8.42 Å². The van der Waals surface area contributed by atoms with Crippen LogP contribution in [0.5, 0.6) is 17.2 Å². The van der Waals surface area contributed by atoms with Crippen molar-refractivity contribution in [1.82, 2.24) is 9.62 Å². The molecule has 200 valence electrons. The van der Waals surface area contributed by atoms with Crippen LogP contribution in [-0.4, -0.2) is 77.3 Å². The van der Waals surface area contributed by atoms with Gasteiger partial charge in [-0.1, -0.05) is 6.07 Å². The first-order valence-corrected chi connectivity index (χ1v) is 13.2. The molecule has 0 spiro atoms. The lowest BCUT2D eigenvalue weighted by atomic mass is 9.92. The van der Waals surface area contributed by atoms with E-state index >= 15 is 0 Å². The lowest BCUT2D eigenvalue weighted by Gasteiger charge is -2.30. The van der Waals surface area contributed by atoms with E-state index in [0.29, 0.717) is 23.7 Å². The topological polar surface area (TPSA) is 133 Å². The van der Waals surface area contributed by atoms with E-state index in [4.69, 9.17) is 23.7 Å². The van der Waals surface area contributed by atoms with Gasteiger partial charge in [0.25, 0.3) is 5.91 Å². The number of allylic oxidation sites excluding steroid dienone is 1. The minimum atomic E-state index is -3.88. The number of amides is 1. The summed E-state index contributed by atoms with van der Waals surface area (Å²) in [5.74, 6) is 1.31. The Bertz CT molecular complexity index is 1230. The fourth-order valence-electron chi connectivity index (χ4n) is 4.06. The fraction of sp³-hybridized carbons (Fsp3) is 0.400. The normalized spacial score (nSPS) is 18.8. The van der Waals surface area contributed by atoms with Gasteiger partial charge in [0, 0.05) is 32.5 Å². The number of carbonyl (C=O) groups is 1. The highest BCUT2D eigenvalue weighted by Gasteiger charge is 2.30. The Morgan fingerprint density at radius 3 is 2.59 bits per heavy atom. The number of benzene rings is 2. The van der Waals surface area contributed by atoms with Gasteiger partial charge in [0.1, 0.15) is 5.75 Å². The maximum absolute atomic E-state index is 13.1. The molecule has 2 aromatic carbocycles. The van der Waals surface area contributed by atoms with Crippen LogP contribution >= 0.6 is 0 Å². The lowest BCUT2D eigenvalue weighted by Crippen LogP contribution is -2.38. The molecule has 0 unspecified atom stereocenters. The van der Waals surface area contributed by atoms with Gasteiger partial charge in [-0.2, -0.15) is 4.31 Å². The molecule has 2 N–H and O–H groups in total. The van der Waals surface area contributed by atoms with E-state index in [1.165, 1.54) is 26.3 Å². The second-order valence-electron chi connectivity index (χ2n) is 8.29. The van der Waals surface area contributed by atoms with Gasteiger partial charge in [-0.05, 0) is 48.0 Å². The Hall–Kier alpha value is -3.32. The van der Waals surface area contributed by atoms with Gasteiger partial charge >= 0.3 is 0 Å². The summed E-state index contributed by atoms with van der Waals surface area (Å²) in [6, 6.07) is 11.6. The Balaban J connectivity index is 1.44. The Morgan fingerprint density at radius 1 is 1.14 bits per heavy atom. The number of hydrogen-bond acceptors (Lipinski definition) is 9. The van der Waals surface area contributed by atoms with Gasteiger partial charge in [-0.15, -0.1) is 0 Å². The molecular weight excluding hydrogens is 504 g/mol. The molecule has 0 aromatic heterocycles. The molecule has 4 rings (SSSR count). The highest BCUT2D eigenvalue weighted by molar-refractivity contribution is 7.89. The summed E-state index contributed by atoms with van der Waals surface area (Å²) in [5.41, 5.74) is 0.895. The minimum Gasteiger partial charge on any atom is -0.497 e. The summed E-state index contributed by atoms with van der Waals surface area (Å²) >= 11 is 0. The van der Waals surface area contributed by atoms with Crippen molar-refractivity contribution in [2.24, 2.45) is 0 Å². The number of nitrogens with one attached hydrogen (secondary N) is 1. The Morgan fingerprint density at radius 2 is 1.89 bits per heavy atom. The standard InChI is InChI=1S/C25H30N2O9S/c1-26-25(29)23-14-18(17-3-8-21-22(13-17)35-16-34-21)15-24(36-23)33-12-10-27(9-11-28)37(30,31)20-6-4-19(32-2)5-7-20/h3-8,13-14,18,24,28H,9-12,15-16H2,1-2H3,(H,26,29)/t18-,24+/m1/s1. The molecule has 12 heteroatoms. The molecule has 1 amide bonds. The number of fused-ring (bicyclic) bond motifs is 1. The van der Waals surface area contributed by atoms with Crippen LogP contribution in [0.3, 0.4) is 0 Å². The summed E-state index contributed by atoms with van der Waals surface area (Å²) < 4.78 is 55.0. The van der Waals surface area contributed by atoms with Crippen LogP contribution in [0.4, 0.5) is 0 Å². The molecule has 2 aliphatic heterocycles. The van der Waals surface area contributed by atoms with E-state index in [1.54, 1.807) is 18.2 Å². The number of ether oxygens (including phenoxy) is 5. The van der Waals surface area contributed by atoms with Crippen LogP contribution in [0.2, 0.25) is 0 Å². The lowest BCUT2D eigenvalue weighted by molar-refractivity contribution is -0.146. The Kier molecular flexibility index (Phi) is 8.54. The van der Waals surface area contributed by atoms with Crippen molar-refractivity contribution >= 4 is 15.9 Å². The molecule has 11 nitrogen and oxygen atoms in total. The van der Waals surface area contributed by atoms with Gasteiger partial charge in [0.15, 0.2) is 17.3 Å². The smallest absolute Gasteiger partial charge is 0.285 e. The van der Waals surface area contributed by atoms with Crippen molar-refractivity contribution in [2.75, 3.05) is 47.3 Å². The summed E-state index contributed by atoms with van der Waals surface area (Å²) in [6.45, 7) is -0.351. The zero-order chi connectivity index (χ0) is 26.4. The second-order valence-corrected chi connectivity index (χ2v) is 10.2. The van der Waals surface area contributed by atoms with E-state index in [2.05, 4.69) is 5.32 Å². The monoisotopic (exact) mass is 534 g/mol. The van der Waals surface area contributed by atoms with Gasteiger partial charge in [0.05, 0.1) is 25.2 Å². The summed E-state index contributed by atoms with van der Waals surface area (Å²) in [7, 11) is -0.886. The van der Waals surface area contributed by atoms with E-state index in [-0.39, 0.29) is 49.7 Å². The number of likely N-dealkylation sites (N-methyl/N-ethyl adjacent to an activating group) is 1. The maximum Gasteiger partial charge on any atom is 0.285 e. The average Bonchev–Trinajstić information content (AvgIpc) is 3.40. The predicted octanol–water partition coefficient (Wildman–Crippen LogP) is 1.58. The zero-order valence-corrected chi connectivity index (χ0v) is 21.4. The molecule has 37 heavy (non-hydrogen) atoms. The van der Waals surface area contributed by atoms with Crippen LogP contribution in [0.1, 0.15) is 17.9 Å². The average molecular weight is 535 g/mol. The number of hydrogen-bond donors (Lipinski definition) is 2. The van der Waals surface area contributed by atoms with Crippen molar-refractivity contribution in [3.63, 3.8) is 0 Å². The fourth-order valence-corrected chi connectivity index (χ4v) is 5.48. The molecule has 0 aliphatic carbocycles. The third kappa shape index (κ3) is 6.16. The molecule has 0 radical (unpaired) electrons. The number of rotatable bonds is 11. The van der Waals surface area contributed by atoms with Crippen molar-refractivity contribution in [1.29, 1.82) is 0 Å². The molecule has 2 aliphatic rings. The van der Waals surface area contributed by atoms with E-state index in [0.717, 1.165) is 9.87 Å². The van der Waals surface area contributed by atoms with Gasteiger partial charge in [-0.3, -0.25) is 4.79 Å². The molecule has 2 aromatic rings. The van der Waals surface area contributed by atoms with E-state index in [9.17, 15) is 18.3 Å². The Labute approximate surface area is 215 Å². The first-order valence-electron chi connectivity index (χ1n) is 11.7. The molecule has 0 fully saturated rings. The molecule has 0 bridgehead atoms. The van der Waals surface area contributed by atoms with Crippen molar-refractivity contribution in [3.8, 4) is 17.2 Å². The van der Waals surface area contributed by atoms with Crippen LogP contribution in [0.15, 0.2) is 59.2 Å². The van der Waals surface area contributed by atoms with Crippen molar-refractivity contribution in [2.45, 2.75) is 23.5 Å². The maximum atomic E-state index is 13.1. The van der Waals surface area contributed by atoms with Crippen LogP contribution in [0.25, 0.3) is 0 Å². The van der Waals surface area contributed by atoms with Crippen LogP contribution < -0.4 is 19.5 Å². The number of nitrogens with zero attached hydrogens (tertiary/aromatic N) is 1. The summed E-state index contributed by atoms with van der Waals surface area (Å²) in [4.78, 5) is 12.4. The number of methoxy groups -OCH3 is 1. The van der Waals surface area contributed by atoms with Crippen LogP contribution in [-0.2, 0) is 24.3 Å². The van der Waals surface area contributed by atoms with Crippen molar-refractivity contribution in [3.05, 3.63) is 59.9 Å². The highest BCUT2D eigenvalue weighted by Crippen LogP contribution is 2.38. The number of aliphatic hydroxyl groups is 1. The van der Waals surface area contributed by atoms with E-state index < -0.39 is 22.2 Å². The zero-order valence-electron chi connectivity index (χ0n) is 20.6.